The summed E-state index contributed by atoms with van der Waals surface area (Å²) in [5.41, 5.74) is 4.19. The molecule has 0 amide bonds. The Labute approximate surface area is 157 Å². The predicted molar refractivity (Wildman–Crippen MR) is 108 cm³/mol. The fraction of sp³-hybridized carbons (Fsp3) is 0.238. The van der Waals surface area contributed by atoms with E-state index in [-0.39, 0.29) is 17.6 Å². The number of para-hydroxylation sites is 2. The highest BCUT2D eigenvalue weighted by Gasteiger charge is 2.44. The van der Waals surface area contributed by atoms with Gasteiger partial charge < -0.3 is 19.7 Å². The number of aromatic amines is 1. The molecule has 0 fully saturated rings. The summed E-state index contributed by atoms with van der Waals surface area (Å²) < 4.78 is 5.31. The van der Waals surface area contributed by atoms with Gasteiger partial charge in [-0.2, -0.15) is 0 Å². The zero-order valence-electron chi connectivity index (χ0n) is 15.6. The first-order valence-electron chi connectivity index (χ1n) is 9.10. The maximum absolute atomic E-state index is 10.8. The minimum absolute atomic E-state index is 0.194. The second-order valence-corrected chi connectivity index (χ2v) is 6.30. The number of H-pyrrole nitrogens is 1. The minimum atomic E-state index is -0.252. The Morgan fingerprint density at radius 2 is 2.00 bits per heavy atom. The van der Waals surface area contributed by atoms with Crippen LogP contribution in [-0.4, -0.2) is 34.1 Å². The summed E-state index contributed by atoms with van der Waals surface area (Å²) in [5.74, 6) is 1.72. The van der Waals surface area contributed by atoms with E-state index in [0.29, 0.717) is 17.8 Å². The van der Waals surface area contributed by atoms with Gasteiger partial charge in [-0.3, -0.25) is 5.41 Å². The van der Waals surface area contributed by atoms with Crippen LogP contribution < -0.4 is 9.64 Å². The molecule has 1 aromatic heterocycles. The molecule has 1 atom stereocenters. The molecule has 0 bridgehead atoms. The molecule has 0 aliphatic carbocycles. The van der Waals surface area contributed by atoms with E-state index in [2.05, 4.69) is 9.97 Å². The quantitative estimate of drug-likeness (QED) is 0.635. The van der Waals surface area contributed by atoms with E-state index in [1.807, 2.05) is 61.2 Å². The number of imidazole rings is 1. The van der Waals surface area contributed by atoms with Crippen molar-refractivity contribution in [3.8, 4) is 5.75 Å². The number of ether oxygens (including phenoxy) is 1. The van der Waals surface area contributed by atoms with Crippen LogP contribution in [0.1, 0.15) is 25.2 Å². The second-order valence-electron chi connectivity index (χ2n) is 6.30. The summed E-state index contributed by atoms with van der Waals surface area (Å²) >= 11 is 0. The third-order valence-electron chi connectivity index (χ3n) is 4.95. The molecule has 138 valence electrons. The van der Waals surface area contributed by atoms with Crippen molar-refractivity contribution in [2.45, 2.75) is 26.3 Å². The largest absolute Gasteiger partial charge is 0.509 e. The van der Waals surface area contributed by atoms with Crippen LogP contribution in [0.25, 0.3) is 16.6 Å². The van der Waals surface area contributed by atoms with Crippen LogP contribution >= 0.6 is 0 Å². The molecule has 6 heteroatoms. The minimum Gasteiger partial charge on any atom is -0.509 e. The zero-order valence-corrected chi connectivity index (χ0v) is 15.6. The number of methoxy groups -OCH3 is 1. The SMILES string of the molecule is CC.COc1ccc2c(c1)N1C(=N)C(c3nc4ccccc4[nH]3)=C(O)C1C2. The monoisotopic (exact) mass is 362 g/mol. The van der Waals surface area contributed by atoms with Gasteiger partial charge in [0.15, 0.2) is 0 Å². The van der Waals surface area contributed by atoms with Crippen molar-refractivity contribution in [1.82, 2.24) is 9.97 Å². The van der Waals surface area contributed by atoms with Crippen LogP contribution in [0, 0.1) is 5.41 Å². The van der Waals surface area contributed by atoms with Crippen molar-refractivity contribution in [1.29, 1.82) is 5.41 Å². The van der Waals surface area contributed by atoms with E-state index >= 15 is 0 Å². The van der Waals surface area contributed by atoms with Gasteiger partial charge >= 0.3 is 0 Å². The third-order valence-corrected chi connectivity index (χ3v) is 4.95. The number of amidine groups is 1. The molecule has 0 radical (unpaired) electrons. The number of aromatic nitrogens is 2. The van der Waals surface area contributed by atoms with Gasteiger partial charge in [-0.25, -0.2) is 4.98 Å². The maximum atomic E-state index is 10.8. The normalized spacial score (nSPS) is 17.7. The van der Waals surface area contributed by atoms with Gasteiger partial charge in [-0.1, -0.05) is 32.0 Å². The molecular formula is C21H22N4O2. The van der Waals surface area contributed by atoms with Crippen molar-refractivity contribution in [2.75, 3.05) is 12.0 Å². The number of benzene rings is 2. The van der Waals surface area contributed by atoms with E-state index in [1.54, 1.807) is 7.11 Å². The number of nitrogens with zero attached hydrogens (tertiary/aromatic N) is 2. The lowest BCUT2D eigenvalue weighted by atomic mass is 10.1. The number of aliphatic hydroxyl groups excluding tert-OH is 1. The fourth-order valence-corrected chi connectivity index (χ4v) is 3.74. The number of aliphatic hydroxyl groups is 1. The zero-order chi connectivity index (χ0) is 19.1. The molecule has 5 rings (SSSR count). The van der Waals surface area contributed by atoms with Crippen molar-refractivity contribution in [3.63, 3.8) is 0 Å². The molecule has 3 aromatic rings. The topological polar surface area (TPSA) is 85.2 Å². The predicted octanol–water partition coefficient (Wildman–Crippen LogP) is 4.29. The van der Waals surface area contributed by atoms with Gasteiger partial charge in [0.25, 0.3) is 0 Å². The van der Waals surface area contributed by atoms with E-state index in [4.69, 9.17) is 10.1 Å². The van der Waals surface area contributed by atoms with E-state index in [0.717, 1.165) is 28.0 Å². The van der Waals surface area contributed by atoms with Gasteiger partial charge in [-0.15, -0.1) is 0 Å². The Morgan fingerprint density at radius 3 is 2.74 bits per heavy atom. The molecule has 3 N–H and O–H groups in total. The molecule has 0 spiro atoms. The molecule has 0 saturated heterocycles. The number of hydrogen-bond donors (Lipinski definition) is 3. The Kier molecular flexibility index (Phi) is 4.11. The van der Waals surface area contributed by atoms with Crippen LogP contribution in [0.5, 0.6) is 5.75 Å². The molecule has 0 saturated carbocycles. The van der Waals surface area contributed by atoms with Crippen molar-refractivity contribution >= 4 is 28.1 Å². The third kappa shape index (κ3) is 2.48. The molecule has 2 aliphatic rings. The second kappa shape index (κ2) is 6.46. The van der Waals surface area contributed by atoms with Crippen LogP contribution in [0.4, 0.5) is 5.69 Å². The molecule has 1 unspecified atom stereocenters. The van der Waals surface area contributed by atoms with E-state index < -0.39 is 0 Å². The lowest BCUT2D eigenvalue weighted by Gasteiger charge is -2.19. The summed E-state index contributed by atoms with van der Waals surface area (Å²) in [5, 5.41) is 19.5. The Bertz CT molecular complexity index is 1030. The standard InChI is InChI=1S/C19H16N4O2.C2H6/c1-25-11-7-6-10-8-15-17(24)16(18(20)23(15)14(10)9-11)19-21-12-4-2-3-5-13(12)22-19;1-2/h2-7,9,15,20,24H,8H2,1H3,(H,21,22);1-2H3. The van der Waals surface area contributed by atoms with Crippen LogP contribution in [0.2, 0.25) is 0 Å². The van der Waals surface area contributed by atoms with E-state index in [9.17, 15) is 5.11 Å². The fourth-order valence-electron chi connectivity index (χ4n) is 3.74. The molecule has 27 heavy (non-hydrogen) atoms. The van der Waals surface area contributed by atoms with Gasteiger partial charge in [0, 0.05) is 12.5 Å². The molecule has 6 nitrogen and oxygen atoms in total. The van der Waals surface area contributed by atoms with Gasteiger partial charge in [0.1, 0.15) is 23.2 Å². The number of rotatable bonds is 2. The van der Waals surface area contributed by atoms with Crippen molar-refractivity contribution < 1.29 is 9.84 Å². The lowest BCUT2D eigenvalue weighted by Crippen LogP contribution is -2.31. The van der Waals surface area contributed by atoms with Crippen molar-refractivity contribution in [3.05, 3.63) is 59.6 Å². The first-order valence-corrected chi connectivity index (χ1v) is 9.10. The Balaban J connectivity index is 0.000000872. The first kappa shape index (κ1) is 17.1. The molecular weight excluding hydrogens is 340 g/mol. The van der Waals surface area contributed by atoms with Crippen LogP contribution in [0.15, 0.2) is 48.2 Å². The summed E-state index contributed by atoms with van der Waals surface area (Å²) in [6.45, 7) is 4.00. The highest BCUT2D eigenvalue weighted by atomic mass is 16.5. The van der Waals surface area contributed by atoms with Crippen LogP contribution in [-0.2, 0) is 6.42 Å². The molecule has 2 aromatic carbocycles. The molecule has 3 heterocycles. The van der Waals surface area contributed by atoms with E-state index in [1.165, 1.54) is 0 Å². The van der Waals surface area contributed by atoms with Crippen LogP contribution in [0.3, 0.4) is 0 Å². The molecule has 2 aliphatic heterocycles. The lowest BCUT2D eigenvalue weighted by molar-refractivity contribution is 0.379. The average molecular weight is 362 g/mol. The Morgan fingerprint density at radius 1 is 1.22 bits per heavy atom. The van der Waals surface area contributed by atoms with Gasteiger partial charge in [0.2, 0.25) is 0 Å². The highest BCUT2D eigenvalue weighted by molar-refractivity contribution is 6.31. The summed E-state index contributed by atoms with van der Waals surface area (Å²) in [6, 6.07) is 13.3. The Hall–Kier alpha value is -3.28. The maximum Gasteiger partial charge on any atom is 0.145 e. The highest BCUT2D eigenvalue weighted by Crippen LogP contribution is 2.44. The van der Waals surface area contributed by atoms with Gasteiger partial charge in [-0.05, 0) is 23.8 Å². The first-order chi connectivity index (χ1) is 13.2. The summed E-state index contributed by atoms with van der Waals surface area (Å²) in [7, 11) is 1.62. The number of hydrogen-bond acceptors (Lipinski definition) is 4. The summed E-state index contributed by atoms with van der Waals surface area (Å²) in [4.78, 5) is 9.62. The number of fused-ring (bicyclic) bond motifs is 4. The van der Waals surface area contributed by atoms with Crippen molar-refractivity contribution in [2.24, 2.45) is 0 Å². The summed E-state index contributed by atoms with van der Waals surface area (Å²) in [6.07, 6.45) is 0.664. The number of nitrogens with one attached hydrogen (secondary N) is 2. The smallest absolute Gasteiger partial charge is 0.145 e. The van der Waals surface area contributed by atoms with Gasteiger partial charge in [0.05, 0.1) is 35.4 Å². The number of anilines is 1. The average Bonchev–Trinajstić information content (AvgIpc) is 3.35.